The number of nitrogens with one attached hydrogen (secondary N) is 2. The quantitative estimate of drug-likeness (QED) is 0.279. The van der Waals surface area contributed by atoms with Crippen LogP contribution in [-0.4, -0.2) is 10.8 Å². The number of nitro groups is 1. The number of nitriles is 1. The predicted molar refractivity (Wildman–Crippen MR) is 108 cm³/mol. The number of non-ortho nitro benzene ring substituents is 1. The second kappa shape index (κ2) is 8.20. The highest BCUT2D eigenvalue weighted by molar-refractivity contribution is 6.34. The Balaban J connectivity index is 1.83. The minimum atomic E-state index is -0.738. The zero-order valence-corrected chi connectivity index (χ0v) is 15.1. The molecule has 0 aliphatic heterocycles. The lowest BCUT2D eigenvalue weighted by Crippen LogP contribution is -2.15. The third kappa shape index (κ3) is 4.09. The molecule has 0 bridgehead atoms. The number of rotatable bonds is 5. The Labute approximate surface area is 165 Å². The van der Waals surface area contributed by atoms with Crippen molar-refractivity contribution in [3.63, 3.8) is 0 Å². The SMILES string of the molecule is N#C/C(=C/Nc1cccc2ccccc12)C(=O)Nc1cc([N+](=O)[O-])ccc1Cl. The molecule has 0 heterocycles. The van der Waals surface area contributed by atoms with E-state index in [1.807, 2.05) is 42.5 Å². The van der Waals surface area contributed by atoms with Crippen molar-refractivity contribution < 1.29 is 9.72 Å². The van der Waals surface area contributed by atoms with E-state index in [0.29, 0.717) is 0 Å². The number of nitro benzene ring substituents is 1. The molecule has 0 radical (unpaired) electrons. The molecule has 0 aromatic heterocycles. The number of carbonyl (C=O) groups is 1. The Hall–Kier alpha value is -3.89. The summed E-state index contributed by atoms with van der Waals surface area (Å²) in [6.45, 7) is 0. The lowest BCUT2D eigenvalue weighted by atomic mass is 10.1. The summed E-state index contributed by atoms with van der Waals surface area (Å²) in [5.41, 5.74) is 0.339. The van der Waals surface area contributed by atoms with Crippen LogP contribution in [0.2, 0.25) is 5.02 Å². The first-order chi connectivity index (χ1) is 13.5. The molecule has 0 atom stereocenters. The average molecular weight is 393 g/mol. The molecule has 0 aliphatic carbocycles. The molecule has 8 heteroatoms. The summed E-state index contributed by atoms with van der Waals surface area (Å²) in [5, 5.41) is 27.6. The molecule has 0 spiro atoms. The topological polar surface area (TPSA) is 108 Å². The van der Waals surface area contributed by atoms with Gasteiger partial charge in [-0.2, -0.15) is 5.26 Å². The van der Waals surface area contributed by atoms with Gasteiger partial charge in [0, 0.05) is 29.4 Å². The Morgan fingerprint density at radius 2 is 1.86 bits per heavy atom. The summed E-state index contributed by atoms with van der Waals surface area (Å²) in [7, 11) is 0. The molecular formula is C20H13ClN4O3. The van der Waals surface area contributed by atoms with E-state index in [4.69, 9.17) is 11.6 Å². The van der Waals surface area contributed by atoms with Crippen molar-refractivity contribution in [2.75, 3.05) is 10.6 Å². The average Bonchev–Trinajstić information content (AvgIpc) is 2.70. The molecule has 0 aliphatic rings. The van der Waals surface area contributed by atoms with E-state index in [1.54, 1.807) is 6.07 Å². The van der Waals surface area contributed by atoms with Gasteiger partial charge in [-0.3, -0.25) is 14.9 Å². The van der Waals surface area contributed by atoms with E-state index < -0.39 is 10.8 Å². The van der Waals surface area contributed by atoms with E-state index in [-0.39, 0.29) is 22.0 Å². The van der Waals surface area contributed by atoms with Crippen molar-refractivity contribution in [2.45, 2.75) is 0 Å². The number of fused-ring (bicyclic) bond motifs is 1. The molecule has 0 saturated carbocycles. The van der Waals surface area contributed by atoms with Crippen LogP contribution in [0.25, 0.3) is 10.8 Å². The maximum Gasteiger partial charge on any atom is 0.271 e. The molecule has 138 valence electrons. The van der Waals surface area contributed by atoms with Crippen molar-refractivity contribution in [1.29, 1.82) is 5.26 Å². The minimum Gasteiger partial charge on any atom is -0.360 e. The molecule has 3 aromatic rings. The van der Waals surface area contributed by atoms with E-state index >= 15 is 0 Å². The van der Waals surface area contributed by atoms with Crippen LogP contribution in [0.3, 0.4) is 0 Å². The standard InChI is InChI=1S/C20H13ClN4O3/c21-17-9-8-15(25(27)28)10-19(17)24-20(26)14(11-22)12-23-18-7-3-5-13-4-1-2-6-16(13)18/h1-10,12,23H,(H,24,26)/b14-12-. The smallest absolute Gasteiger partial charge is 0.271 e. The third-order valence-corrected chi connectivity index (χ3v) is 4.27. The molecule has 0 unspecified atom stereocenters. The van der Waals surface area contributed by atoms with Crippen LogP contribution in [0.1, 0.15) is 0 Å². The van der Waals surface area contributed by atoms with Crippen LogP contribution in [0.15, 0.2) is 72.4 Å². The Morgan fingerprint density at radius 3 is 2.61 bits per heavy atom. The monoisotopic (exact) mass is 392 g/mol. The Bertz CT molecular complexity index is 1150. The maximum atomic E-state index is 12.4. The Kier molecular flexibility index (Phi) is 5.53. The highest BCUT2D eigenvalue weighted by atomic mass is 35.5. The second-order valence-electron chi connectivity index (χ2n) is 5.72. The van der Waals surface area contributed by atoms with Crippen LogP contribution in [-0.2, 0) is 4.79 Å². The van der Waals surface area contributed by atoms with Gasteiger partial charge in [-0.1, -0.05) is 48.0 Å². The first kappa shape index (κ1) is 18.9. The minimum absolute atomic E-state index is 0.0483. The molecule has 0 saturated heterocycles. The fraction of sp³-hybridized carbons (Fsp3) is 0. The summed E-state index contributed by atoms with van der Waals surface area (Å²) in [6, 6.07) is 18.8. The maximum absolute atomic E-state index is 12.4. The molecule has 2 N–H and O–H groups in total. The van der Waals surface area contributed by atoms with E-state index in [0.717, 1.165) is 22.5 Å². The van der Waals surface area contributed by atoms with Crippen LogP contribution in [0.4, 0.5) is 17.1 Å². The number of hydrogen-bond acceptors (Lipinski definition) is 5. The molecule has 0 fully saturated rings. The highest BCUT2D eigenvalue weighted by Crippen LogP contribution is 2.27. The fourth-order valence-electron chi connectivity index (χ4n) is 2.56. The molecule has 28 heavy (non-hydrogen) atoms. The summed E-state index contributed by atoms with van der Waals surface area (Å²) < 4.78 is 0. The van der Waals surface area contributed by atoms with Gasteiger partial charge in [-0.15, -0.1) is 0 Å². The largest absolute Gasteiger partial charge is 0.360 e. The van der Waals surface area contributed by atoms with Crippen molar-refractivity contribution in [1.82, 2.24) is 0 Å². The van der Waals surface area contributed by atoms with Gasteiger partial charge in [0.1, 0.15) is 11.6 Å². The third-order valence-electron chi connectivity index (χ3n) is 3.94. The lowest BCUT2D eigenvalue weighted by molar-refractivity contribution is -0.384. The van der Waals surface area contributed by atoms with E-state index in [9.17, 15) is 20.2 Å². The van der Waals surface area contributed by atoms with Gasteiger partial charge in [-0.25, -0.2) is 0 Å². The second-order valence-corrected chi connectivity index (χ2v) is 6.12. The van der Waals surface area contributed by atoms with Gasteiger partial charge in [0.15, 0.2) is 0 Å². The van der Waals surface area contributed by atoms with Gasteiger partial charge in [0.25, 0.3) is 11.6 Å². The highest BCUT2D eigenvalue weighted by Gasteiger charge is 2.15. The van der Waals surface area contributed by atoms with Crippen molar-refractivity contribution in [2.24, 2.45) is 0 Å². The van der Waals surface area contributed by atoms with Crippen molar-refractivity contribution in [3.8, 4) is 6.07 Å². The molecular weight excluding hydrogens is 380 g/mol. The molecule has 7 nitrogen and oxygen atoms in total. The number of amides is 1. The molecule has 3 aromatic carbocycles. The van der Waals surface area contributed by atoms with Gasteiger partial charge in [-0.05, 0) is 17.5 Å². The molecule has 3 rings (SSSR count). The number of benzene rings is 3. The van der Waals surface area contributed by atoms with Gasteiger partial charge < -0.3 is 10.6 Å². The van der Waals surface area contributed by atoms with Crippen LogP contribution < -0.4 is 10.6 Å². The summed E-state index contributed by atoms with van der Waals surface area (Å²) in [5.74, 6) is -0.738. The van der Waals surface area contributed by atoms with Crippen LogP contribution >= 0.6 is 11.6 Å². The number of carbonyl (C=O) groups excluding carboxylic acids is 1. The Morgan fingerprint density at radius 1 is 1.11 bits per heavy atom. The number of nitrogens with zero attached hydrogens (tertiary/aromatic N) is 2. The van der Waals surface area contributed by atoms with Crippen LogP contribution in [0, 0.1) is 21.4 Å². The fourth-order valence-corrected chi connectivity index (χ4v) is 2.73. The number of halogens is 1. The zero-order valence-electron chi connectivity index (χ0n) is 14.3. The summed E-state index contributed by atoms with van der Waals surface area (Å²) in [4.78, 5) is 22.7. The zero-order chi connectivity index (χ0) is 20.1. The first-order valence-corrected chi connectivity index (χ1v) is 8.47. The molecule has 1 amide bonds. The van der Waals surface area contributed by atoms with Crippen molar-refractivity contribution >= 4 is 45.3 Å². The first-order valence-electron chi connectivity index (χ1n) is 8.09. The van der Waals surface area contributed by atoms with Gasteiger partial charge >= 0.3 is 0 Å². The predicted octanol–water partition coefficient (Wildman–Crippen LogP) is 4.86. The summed E-state index contributed by atoms with van der Waals surface area (Å²) in [6.07, 6.45) is 1.28. The number of anilines is 2. The number of hydrogen-bond donors (Lipinski definition) is 2. The van der Waals surface area contributed by atoms with Crippen LogP contribution in [0.5, 0.6) is 0 Å². The lowest BCUT2D eigenvalue weighted by Gasteiger charge is -2.08. The normalized spacial score (nSPS) is 10.9. The van der Waals surface area contributed by atoms with E-state index in [1.165, 1.54) is 18.3 Å². The van der Waals surface area contributed by atoms with E-state index in [2.05, 4.69) is 10.6 Å². The van der Waals surface area contributed by atoms with Gasteiger partial charge in [0.05, 0.1) is 15.6 Å². The summed E-state index contributed by atoms with van der Waals surface area (Å²) >= 11 is 5.98. The van der Waals surface area contributed by atoms with Crippen molar-refractivity contribution in [3.05, 3.63) is 87.6 Å². The van der Waals surface area contributed by atoms with Gasteiger partial charge in [0.2, 0.25) is 0 Å².